The van der Waals surface area contributed by atoms with E-state index in [2.05, 4.69) is 9.72 Å². The van der Waals surface area contributed by atoms with Crippen LogP contribution >= 0.6 is 0 Å². The highest BCUT2D eigenvalue weighted by molar-refractivity contribution is 7.94. The topological polar surface area (TPSA) is 76.6 Å². The van der Waals surface area contributed by atoms with E-state index in [1.807, 2.05) is 0 Å². The molecular weight excluding hydrogens is 505 g/mol. The number of pyridine rings is 1. The Hall–Kier alpha value is -3.40. The smallest absolute Gasteiger partial charge is 0.387 e. The molecule has 194 valence electrons. The molecule has 1 amide bonds. The number of sulfone groups is 1. The van der Waals surface area contributed by atoms with E-state index in [4.69, 9.17) is 0 Å². The van der Waals surface area contributed by atoms with E-state index in [9.17, 15) is 26.4 Å². The van der Waals surface area contributed by atoms with Crippen molar-refractivity contribution in [1.29, 1.82) is 0 Å². The lowest BCUT2D eigenvalue weighted by molar-refractivity contribution is -0.135. The number of amides is 1. The van der Waals surface area contributed by atoms with Crippen molar-refractivity contribution >= 4 is 15.7 Å². The third-order valence-electron chi connectivity index (χ3n) is 6.90. The normalized spacial score (nSPS) is 17.3. The van der Waals surface area contributed by atoms with Crippen LogP contribution in [0.3, 0.4) is 0 Å². The molecule has 2 fully saturated rings. The van der Waals surface area contributed by atoms with Crippen LogP contribution < -0.4 is 4.74 Å². The van der Waals surface area contributed by atoms with Gasteiger partial charge in [-0.05, 0) is 85.7 Å². The van der Waals surface area contributed by atoms with Gasteiger partial charge in [0, 0.05) is 6.20 Å². The van der Waals surface area contributed by atoms with Gasteiger partial charge in [-0.1, -0.05) is 18.2 Å². The van der Waals surface area contributed by atoms with Crippen LogP contribution in [0.1, 0.15) is 43.0 Å². The van der Waals surface area contributed by atoms with Crippen LogP contribution in [0.5, 0.6) is 5.75 Å². The van der Waals surface area contributed by atoms with Crippen LogP contribution in [0.25, 0.3) is 0 Å². The van der Waals surface area contributed by atoms with Gasteiger partial charge < -0.3 is 9.64 Å². The number of nitrogens with zero attached hydrogens (tertiary/aromatic N) is 2. The summed E-state index contributed by atoms with van der Waals surface area (Å²) in [6.07, 6.45) is 3.59. The third-order valence-corrected chi connectivity index (χ3v) is 9.41. The van der Waals surface area contributed by atoms with Crippen molar-refractivity contribution in [2.24, 2.45) is 5.92 Å². The van der Waals surface area contributed by atoms with Gasteiger partial charge in [0.15, 0.2) is 14.6 Å². The molecule has 0 saturated heterocycles. The van der Waals surface area contributed by atoms with Crippen molar-refractivity contribution in [2.45, 2.75) is 54.5 Å². The predicted molar refractivity (Wildman–Crippen MR) is 129 cm³/mol. The summed E-state index contributed by atoms with van der Waals surface area (Å²) in [7, 11) is -4.10. The van der Waals surface area contributed by atoms with Crippen LogP contribution in [-0.4, -0.2) is 35.6 Å². The van der Waals surface area contributed by atoms with E-state index in [0.29, 0.717) is 11.3 Å². The first-order valence-electron chi connectivity index (χ1n) is 12.0. The lowest BCUT2D eigenvalue weighted by Crippen LogP contribution is -2.46. The van der Waals surface area contributed by atoms with Crippen molar-refractivity contribution in [2.75, 3.05) is 0 Å². The molecule has 0 spiro atoms. The van der Waals surface area contributed by atoms with E-state index in [1.54, 1.807) is 41.4 Å². The Morgan fingerprint density at radius 3 is 2.24 bits per heavy atom. The zero-order valence-corrected chi connectivity index (χ0v) is 20.6. The molecule has 1 heterocycles. The fraction of sp³-hybridized carbons (Fsp3) is 0.333. The number of alkyl halides is 2. The quantitative estimate of drug-likeness (QED) is 0.332. The monoisotopic (exact) mass is 530 g/mol. The predicted octanol–water partition coefficient (Wildman–Crippen LogP) is 5.31. The highest BCUT2D eigenvalue weighted by Crippen LogP contribution is 2.52. The zero-order valence-electron chi connectivity index (χ0n) is 19.8. The molecule has 0 N–H and O–H groups in total. The lowest BCUT2D eigenvalue weighted by atomic mass is 9.99. The molecule has 2 aromatic carbocycles. The largest absolute Gasteiger partial charge is 0.435 e. The molecule has 2 aliphatic rings. The average Bonchev–Trinajstić information content (AvgIpc) is 3.80. The van der Waals surface area contributed by atoms with Gasteiger partial charge in [0.1, 0.15) is 11.6 Å². The van der Waals surface area contributed by atoms with E-state index in [0.717, 1.165) is 25.0 Å². The van der Waals surface area contributed by atoms with E-state index >= 15 is 0 Å². The van der Waals surface area contributed by atoms with Gasteiger partial charge in [-0.2, -0.15) is 8.78 Å². The van der Waals surface area contributed by atoms with Crippen molar-refractivity contribution in [3.8, 4) is 5.75 Å². The molecule has 1 aromatic heterocycles. The zero-order chi connectivity index (χ0) is 26.2. The Kier molecular flexibility index (Phi) is 6.70. The molecule has 2 aliphatic carbocycles. The van der Waals surface area contributed by atoms with Gasteiger partial charge in [-0.15, -0.1) is 0 Å². The Bertz CT molecular complexity index is 1360. The Morgan fingerprint density at radius 1 is 1.03 bits per heavy atom. The number of rotatable bonds is 10. The molecule has 5 rings (SSSR count). The lowest BCUT2D eigenvalue weighted by Gasteiger charge is -2.35. The maximum Gasteiger partial charge on any atom is 0.387 e. The SMILES string of the molecule is O=C(N(Cc1ccccn1)[C@@H](c1ccc(OC(F)F)cc1)C1CC1)C1(S(=O)(=O)c2ccc(F)cc2)CC1. The molecule has 0 bridgehead atoms. The highest BCUT2D eigenvalue weighted by atomic mass is 32.2. The molecule has 1 atom stereocenters. The van der Waals surface area contributed by atoms with Gasteiger partial charge in [0.25, 0.3) is 0 Å². The van der Waals surface area contributed by atoms with E-state index in [1.165, 1.54) is 24.3 Å². The number of carbonyl (C=O) groups is 1. The first-order valence-corrected chi connectivity index (χ1v) is 13.5. The number of ether oxygens (including phenoxy) is 1. The second kappa shape index (κ2) is 9.81. The molecule has 3 aromatic rings. The van der Waals surface area contributed by atoms with Crippen molar-refractivity contribution in [3.63, 3.8) is 0 Å². The molecule has 37 heavy (non-hydrogen) atoms. The molecular formula is C27H25F3N2O4S. The summed E-state index contributed by atoms with van der Waals surface area (Å²) in [4.78, 5) is 20.0. The Balaban J connectivity index is 1.53. The summed E-state index contributed by atoms with van der Waals surface area (Å²) in [5.74, 6) is -1.03. The van der Waals surface area contributed by atoms with Gasteiger partial charge in [-0.25, -0.2) is 12.8 Å². The third kappa shape index (κ3) is 5.07. The first-order chi connectivity index (χ1) is 17.7. The fourth-order valence-corrected chi connectivity index (χ4v) is 6.67. The van der Waals surface area contributed by atoms with Crippen LogP contribution in [-0.2, 0) is 21.2 Å². The summed E-state index contributed by atoms with van der Waals surface area (Å²) in [5.41, 5.74) is 1.29. The van der Waals surface area contributed by atoms with E-state index < -0.39 is 39.0 Å². The molecule has 0 unspecified atom stereocenters. The van der Waals surface area contributed by atoms with Crippen molar-refractivity contribution < 1.29 is 31.1 Å². The van der Waals surface area contributed by atoms with Crippen molar-refractivity contribution in [3.05, 3.63) is 90.0 Å². The number of carbonyl (C=O) groups excluding carboxylic acids is 1. The minimum absolute atomic E-state index is 0.00606. The number of aromatic nitrogens is 1. The number of hydrogen-bond donors (Lipinski definition) is 0. The highest BCUT2D eigenvalue weighted by Gasteiger charge is 2.63. The Labute approximate surface area is 213 Å². The fourth-order valence-electron chi connectivity index (χ4n) is 4.74. The van der Waals surface area contributed by atoms with Gasteiger partial charge >= 0.3 is 6.61 Å². The summed E-state index contributed by atoms with van der Waals surface area (Å²) < 4.78 is 68.9. The van der Waals surface area contributed by atoms with Crippen LogP contribution in [0, 0.1) is 11.7 Å². The van der Waals surface area contributed by atoms with Gasteiger partial charge in [-0.3, -0.25) is 9.78 Å². The first kappa shape index (κ1) is 25.3. The maximum atomic E-state index is 14.2. The number of hydrogen-bond acceptors (Lipinski definition) is 5. The number of benzene rings is 2. The molecule has 0 radical (unpaired) electrons. The minimum Gasteiger partial charge on any atom is -0.435 e. The molecule has 10 heteroatoms. The summed E-state index contributed by atoms with van der Waals surface area (Å²) in [6, 6.07) is 15.4. The second-order valence-electron chi connectivity index (χ2n) is 9.44. The second-order valence-corrected chi connectivity index (χ2v) is 11.7. The maximum absolute atomic E-state index is 14.2. The molecule has 2 saturated carbocycles. The van der Waals surface area contributed by atoms with E-state index in [-0.39, 0.29) is 35.9 Å². The van der Waals surface area contributed by atoms with Crippen LogP contribution in [0.4, 0.5) is 13.2 Å². The molecule has 6 nitrogen and oxygen atoms in total. The van der Waals surface area contributed by atoms with Crippen LogP contribution in [0.15, 0.2) is 77.8 Å². The Morgan fingerprint density at radius 2 is 1.70 bits per heavy atom. The van der Waals surface area contributed by atoms with Gasteiger partial charge in [0.2, 0.25) is 5.91 Å². The minimum atomic E-state index is -4.10. The average molecular weight is 531 g/mol. The molecule has 0 aliphatic heterocycles. The van der Waals surface area contributed by atoms with Crippen LogP contribution in [0.2, 0.25) is 0 Å². The summed E-state index contributed by atoms with van der Waals surface area (Å²) in [6.45, 7) is -2.88. The summed E-state index contributed by atoms with van der Waals surface area (Å²) >= 11 is 0. The summed E-state index contributed by atoms with van der Waals surface area (Å²) in [5, 5.41) is 0. The van der Waals surface area contributed by atoms with Crippen molar-refractivity contribution in [1.82, 2.24) is 9.88 Å². The van der Waals surface area contributed by atoms with Gasteiger partial charge in [0.05, 0.1) is 23.2 Å². The standard InChI is InChI=1S/C27H25F3N2O4S/c28-20-8-12-23(13-9-20)37(34,35)27(14-15-27)25(33)32(17-21-3-1-2-16-31-21)24(18-4-5-18)19-6-10-22(11-7-19)36-26(29)30/h1-3,6-13,16,18,24,26H,4-5,14-15,17H2/t24-/m1/s1. The number of halogens is 3.